The van der Waals surface area contributed by atoms with Gasteiger partial charge in [0.1, 0.15) is 18.3 Å². The van der Waals surface area contributed by atoms with E-state index >= 15 is 0 Å². The van der Waals surface area contributed by atoms with Crippen molar-refractivity contribution >= 4 is 15.9 Å². The fraction of sp³-hybridized carbons (Fsp3) is 0.320. The molecule has 32 heavy (non-hydrogen) atoms. The number of benzene rings is 2. The standard InChI is InChI=1S/C25H24BrNO5/c26-18-11-12-27-19(13-18)14-20-22-23(32-24(29-20)16-7-3-1-4-8-16)21(15-28)30-25(31-22)17-9-5-2-6-10-17/h1-13,20-25,28H,14-15H2. The maximum Gasteiger partial charge on any atom is 0.184 e. The molecule has 0 spiro atoms. The van der Waals surface area contributed by atoms with Crippen LogP contribution in [0.5, 0.6) is 0 Å². The molecule has 0 bridgehead atoms. The predicted molar refractivity (Wildman–Crippen MR) is 121 cm³/mol. The summed E-state index contributed by atoms with van der Waals surface area (Å²) in [5, 5.41) is 10.1. The first-order valence-corrected chi connectivity index (χ1v) is 11.4. The summed E-state index contributed by atoms with van der Waals surface area (Å²) in [6, 6.07) is 23.3. The Morgan fingerprint density at radius 3 is 1.88 bits per heavy atom. The van der Waals surface area contributed by atoms with E-state index in [2.05, 4.69) is 20.9 Å². The number of hydrogen-bond donors (Lipinski definition) is 1. The first-order chi connectivity index (χ1) is 15.7. The van der Waals surface area contributed by atoms with E-state index in [9.17, 15) is 5.11 Å². The molecule has 2 aliphatic rings. The summed E-state index contributed by atoms with van der Waals surface area (Å²) in [5.74, 6) is 0. The van der Waals surface area contributed by atoms with E-state index in [1.807, 2.05) is 72.8 Å². The molecule has 2 aromatic carbocycles. The number of nitrogens with zero attached hydrogens (tertiary/aromatic N) is 1. The van der Waals surface area contributed by atoms with E-state index in [0.29, 0.717) is 6.42 Å². The maximum absolute atomic E-state index is 10.1. The van der Waals surface area contributed by atoms with Crippen LogP contribution in [0.15, 0.2) is 83.5 Å². The zero-order valence-electron chi connectivity index (χ0n) is 17.3. The zero-order valence-corrected chi connectivity index (χ0v) is 18.9. The number of fused-ring (bicyclic) bond motifs is 1. The van der Waals surface area contributed by atoms with Crippen LogP contribution in [-0.2, 0) is 25.4 Å². The lowest BCUT2D eigenvalue weighted by Crippen LogP contribution is -2.59. The Balaban J connectivity index is 1.47. The Labute approximate surface area is 195 Å². The summed E-state index contributed by atoms with van der Waals surface area (Å²) in [6.45, 7) is -0.183. The van der Waals surface area contributed by atoms with E-state index in [-0.39, 0.29) is 12.7 Å². The minimum atomic E-state index is -0.618. The van der Waals surface area contributed by atoms with Crippen LogP contribution in [0.4, 0.5) is 0 Å². The van der Waals surface area contributed by atoms with Crippen LogP contribution in [0.1, 0.15) is 29.4 Å². The maximum atomic E-state index is 10.1. The summed E-state index contributed by atoms with van der Waals surface area (Å²) >= 11 is 3.52. The number of rotatable bonds is 5. The molecule has 7 heteroatoms. The van der Waals surface area contributed by atoms with Gasteiger partial charge in [0.25, 0.3) is 0 Å². The number of aromatic nitrogens is 1. The van der Waals surface area contributed by atoms with Gasteiger partial charge in [-0.25, -0.2) is 0 Å². The van der Waals surface area contributed by atoms with Crippen LogP contribution in [0.2, 0.25) is 0 Å². The lowest BCUT2D eigenvalue weighted by molar-refractivity contribution is -0.384. The smallest absolute Gasteiger partial charge is 0.184 e. The third-order valence-corrected chi connectivity index (χ3v) is 6.22. The van der Waals surface area contributed by atoms with Crippen molar-refractivity contribution in [3.05, 3.63) is 100 Å². The first-order valence-electron chi connectivity index (χ1n) is 10.6. The van der Waals surface area contributed by atoms with Crippen molar-refractivity contribution in [1.82, 2.24) is 4.98 Å². The second-order valence-electron chi connectivity index (χ2n) is 7.89. The summed E-state index contributed by atoms with van der Waals surface area (Å²) in [5.41, 5.74) is 2.66. The zero-order chi connectivity index (χ0) is 21.9. The molecule has 0 aliphatic carbocycles. The van der Waals surface area contributed by atoms with Gasteiger partial charge in [-0.05, 0) is 12.1 Å². The third-order valence-electron chi connectivity index (χ3n) is 5.73. The second-order valence-corrected chi connectivity index (χ2v) is 8.80. The van der Waals surface area contributed by atoms with E-state index in [1.54, 1.807) is 6.20 Å². The van der Waals surface area contributed by atoms with Crippen LogP contribution in [-0.4, -0.2) is 41.1 Å². The minimum Gasteiger partial charge on any atom is -0.394 e. The minimum absolute atomic E-state index is 0.183. The van der Waals surface area contributed by atoms with Gasteiger partial charge in [-0.2, -0.15) is 0 Å². The SMILES string of the molecule is OCC1OC(c2ccccc2)OC2C(Cc3cc(Br)ccn3)OC(c3ccccc3)OC12. The van der Waals surface area contributed by atoms with E-state index in [0.717, 1.165) is 21.3 Å². The quantitative estimate of drug-likeness (QED) is 0.565. The highest BCUT2D eigenvalue weighted by Crippen LogP contribution is 2.41. The molecule has 1 aromatic heterocycles. The molecule has 1 N–H and O–H groups in total. The number of aliphatic hydroxyl groups is 1. The van der Waals surface area contributed by atoms with Gasteiger partial charge >= 0.3 is 0 Å². The number of aliphatic hydroxyl groups excluding tert-OH is 1. The van der Waals surface area contributed by atoms with E-state index < -0.39 is 30.9 Å². The third kappa shape index (κ3) is 4.64. The Hall–Kier alpha value is -2.13. The van der Waals surface area contributed by atoms with Crippen LogP contribution >= 0.6 is 15.9 Å². The molecule has 6 atom stereocenters. The van der Waals surface area contributed by atoms with Crippen molar-refractivity contribution in [2.24, 2.45) is 0 Å². The molecule has 2 aliphatic heterocycles. The fourth-order valence-electron chi connectivity index (χ4n) is 4.19. The number of hydrogen-bond acceptors (Lipinski definition) is 6. The Morgan fingerprint density at radius 1 is 0.750 bits per heavy atom. The monoisotopic (exact) mass is 497 g/mol. The van der Waals surface area contributed by atoms with E-state index in [4.69, 9.17) is 18.9 Å². The lowest BCUT2D eigenvalue weighted by atomic mass is 9.95. The predicted octanol–water partition coefficient (Wildman–Crippen LogP) is 4.34. The van der Waals surface area contributed by atoms with Gasteiger partial charge in [0.05, 0.1) is 12.7 Å². The van der Waals surface area contributed by atoms with Crippen molar-refractivity contribution in [1.29, 1.82) is 0 Å². The molecule has 3 aromatic rings. The summed E-state index contributed by atoms with van der Waals surface area (Å²) < 4.78 is 26.2. The number of pyridine rings is 1. The van der Waals surface area contributed by atoms with Crippen molar-refractivity contribution < 1.29 is 24.1 Å². The average molecular weight is 498 g/mol. The molecule has 0 amide bonds. The van der Waals surface area contributed by atoms with Gasteiger partial charge in [-0.15, -0.1) is 0 Å². The Kier molecular flexibility index (Phi) is 6.64. The molecule has 5 rings (SSSR count). The van der Waals surface area contributed by atoms with Crippen molar-refractivity contribution in [2.45, 2.75) is 43.4 Å². The second kappa shape index (κ2) is 9.79. The molecule has 6 unspecified atom stereocenters. The molecule has 2 fully saturated rings. The molecule has 0 saturated carbocycles. The Morgan fingerprint density at radius 2 is 1.31 bits per heavy atom. The van der Waals surface area contributed by atoms with Gasteiger partial charge < -0.3 is 24.1 Å². The van der Waals surface area contributed by atoms with Crippen molar-refractivity contribution in [2.75, 3.05) is 6.61 Å². The number of halogens is 1. The van der Waals surface area contributed by atoms with Gasteiger partial charge in [0.2, 0.25) is 0 Å². The normalized spacial score (nSPS) is 29.9. The van der Waals surface area contributed by atoms with E-state index in [1.165, 1.54) is 0 Å². The molecule has 6 nitrogen and oxygen atoms in total. The molecular weight excluding hydrogens is 474 g/mol. The van der Waals surface area contributed by atoms with Gasteiger partial charge in [0, 0.05) is 33.9 Å². The van der Waals surface area contributed by atoms with Gasteiger partial charge in [-0.3, -0.25) is 4.98 Å². The highest BCUT2D eigenvalue weighted by molar-refractivity contribution is 9.10. The van der Waals surface area contributed by atoms with Crippen molar-refractivity contribution in [3.8, 4) is 0 Å². The molecule has 0 radical (unpaired) electrons. The van der Waals surface area contributed by atoms with Crippen LogP contribution in [0, 0.1) is 0 Å². The molecule has 166 valence electrons. The number of ether oxygens (including phenoxy) is 4. The van der Waals surface area contributed by atoms with Crippen molar-refractivity contribution in [3.63, 3.8) is 0 Å². The summed E-state index contributed by atoms with van der Waals surface area (Å²) in [7, 11) is 0. The van der Waals surface area contributed by atoms with Crippen LogP contribution in [0.3, 0.4) is 0 Å². The summed E-state index contributed by atoms with van der Waals surface area (Å²) in [4.78, 5) is 4.50. The summed E-state index contributed by atoms with van der Waals surface area (Å²) in [6.07, 6.45) is -0.733. The van der Waals surface area contributed by atoms with Crippen LogP contribution in [0.25, 0.3) is 0 Å². The molecule has 2 saturated heterocycles. The fourth-order valence-corrected chi connectivity index (χ4v) is 4.57. The highest BCUT2D eigenvalue weighted by atomic mass is 79.9. The molecular formula is C25H24BrNO5. The topological polar surface area (TPSA) is 70.0 Å². The highest BCUT2D eigenvalue weighted by Gasteiger charge is 2.50. The van der Waals surface area contributed by atoms with Gasteiger partial charge in [-0.1, -0.05) is 76.6 Å². The van der Waals surface area contributed by atoms with Gasteiger partial charge in [0.15, 0.2) is 12.6 Å². The Bertz CT molecular complexity index is 1020. The largest absolute Gasteiger partial charge is 0.394 e. The average Bonchev–Trinajstić information content (AvgIpc) is 2.84. The first kappa shape index (κ1) is 21.7. The lowest BCUT2D eigenvalue weighted by Gasteiger charge is -2.49. The molecule has 3 heterocycles. The van der Waals surface area contributed by atoms with Crippen LogP contribution < -0.4 is 0 Å².